The average Bonchev–Trinajstić information content (AvgIpc) is 3.35. The number of hydrogen-bond donors (Lipinski definition) is 2. The van der Waals surface area contributed by atoms with Crippen molar-refractivity contribution in [1.29, 1.82) is 0 Å². The highest BCUT2D eigenvalue weighted by molar-refractivity contribution is 7.89. The monoisotopic (exact) mass is 550 g/mol. The van der Waals surface area contributed by atoms with Crippen LogP contribution in [0.1, 0.15) is 30.5 Å². The van der Waals surface area contributed by atoms with Gasteiger partial charge in [0.2, 0.25) is 15.9 Å². The van der Waals surface area contributed by atoms with Crippen molar-refractivity contribution in [2.24, 2.45) is 5.73 Å². The Kier molecular flexibility index (Phi) is 8.37. The van der Waals surface area contributed by atoms with E-state index in [1.165, 1.54) is 16.4 Å². The number of amides is 1. The first-order chi connectivity index (χ1) is 17.2. The molecule has 0 saturated carbocycles. The summed E-state index contributed by atoms with van der Waals surface area (Å²) in [7, 11) is -4.07. The van der Waals surface area contributed by atoms with Crippen LogP contribution in [0.3, 0.4) is 0 Å². The van der Waals surface area contributed by atoms with Gasteiger partial charge in [-0.1, -0.05) is 41.4 Å². The van der Waals surface area contributed by atoms with E-state index in [1.54, 1.807) is 6.07 Å². The fraction of sp³-hybridized carbons (Fsp3) is 0.360. The SMILES string of the molecule is Cc1ccc2cccc(OCc3c(Cl)ccc(S(=O)(=O)N4CCCC4C(=O)NCCCN)c3Cl)c2n1. The number of pyridine rings is 1. The second-order valence-electron chi connectivity index (χ2n) is 8.61. The van der Waals surface area contributed by atoms with Crippen molar-refractivity contribution >= 4 is 50.0 Å². The number of carbonyl (C=O) groups is 1. The van der Waals surface area contributed by atoms with Crippen molar-refractivity contribution < 1.29 is 17.9 Å². The van der Waals surface area contributed by atoms with E-state index in [1.807, 2.05) is 31.2 Å². The van der Waals surface area contributed by atoms with Crippen molar-refractivity contribution in [2.75, 3.05) is 19.6 Å². The summed E-state index contributed by atoms with van der Waals surface area (Å²) in [6.07, 6.45) is 1.62. The smallest absolute Gasteiger partial charge is 0.245 e. The van der Waals surface area contributed by atoms with Crippen LogP contribution < -0.4 is 15.8 Å². The molecule has 1 fully saturated rings. The minimum absolute atomic E-state index is 0.0268. The zero-order chi connectivity index (χ0) is 25.9. The number of fused-ring (bicyclic) bond motifs is 1. The van der Waals surface area contributed by atoms with Gasteiger partial charge in [0.1, 0.15) is 28.8 Å². The third kappa shape index (κ3) is 5.45. The van der Waals surface area contributed by atoms with Gasteiger partial charge in [0.05, 0.1) is 5.02 Å². The van der Waals surface area contributed by atoms with Crippen molar-refractivity contribution in [1.82, 2.24) is 14.6 Å². The number of sulfonamides is 1. The Bertz CT molecular complexity index is 1380. The number of nitrogens with one attached hydrogen (secondary N) is 1. The average molecular weight is 551 g/mol. The highest BCUT2D eigenvalue weighted by atomic mass is 35.5. The normalized spacial score (nSPS) is 16.4. The van der Waals surface area contributed by atoms with E-state index >= 15 is 0 Å². The molecule has 1 aliphatic heterocycles. The van der Waals surface area contributed by atoms with E-state index in [-0.39, 0.29) is 34.0 Å². The predicted molar refractivity (Wildman–Crippen MR) is 141 cm³/mol. The highest BCUT2D eigenvalue weighted by Crippen LogP contribution is 2.36. The Morgan fingerprint density at radius 2 is 2.03 bits per heavy atom. The molecule has 1 aromatic heterocycles. The summed E-state index contributed by atoms with van der Waals surface area (Å²) in [5.74, 6) is 0.197. The van der Waals surface area contributed by atoms with Crippen molar-refractivity contribution in [3.63, 3.8) is 0 Å². The third-order valence-corrected chi connectivity index (χ3v) is 8.97. The van der Waals surface area contributed by atoms with E-state index in [4.69, 9.17) is 33.7 Å². The quantitative estimate of drug-likeness (QED) is 0.388. The lowest BCUT2D eigenvalue weighted by atomic mass is 10.2. The number of aromatic nitrogens is 1. The molecular formula is C25H28Cl2N4O4S. The maximum atomic E-state index is 13.6. The number of nitrogens with zero attached hydrogens (tertiary/aromatic N) is 2. The maximum Gasteiger partial charge on any atom is 0.245 e. The van der Waals surface area contributed by atoms with Gasteiger partial charge in [0, 0.05) is 34.8 Å². The van der Waals surface area contributed by atoms with Crippen LogP contribution in [-0.4, -0.2) is 49.3 Å². The van der Waals surface area contributed by atoms with E-state index < -0.39 is 16.1 Å². The number of nitrogens with two attached hydrogens (primary N) is 1. The van der Waals surface area contributed by atoms with Gasteiger partial charge in [0.25, 0.3) is 0 Å². The summed E-state index contributed by atoms with van der Waals surface area (Å²) < 4.78 is 34.4. The molecule has 3 aromatic rings. The summed E-state index contributed by atoms with van der Waals surface area (Å²) in [6, 6.07) is 11.5. The van der Waals surface area contributed by atoms with Crippen LogP contribution in [0, 0.1) is 6.92 Å². The van der Waals surface area contributed by atoms with Crippen LogP contribution in [0.5, 0.6) is 5.75 Å². The Morgan fingerprint density at radius 1 is 1.22 bits per heavy atom. The summed E-state index contributed by atoms with van der Waals surface area (Å²) in [5, 5.41) is 3.93. The van der Waals surface area contributed by atoms with E-state index in [0.29, 0.717) is 49.2 Å². The molecule has 4 rings (SSSR count). The molecule has 3 N–H and O–H groups in total. The van der Waals surface area contributed by atoms with E-state index in [0.717, 1.165) is 11.1 Å². The standard InChI is InChI=1S/C25H28Cl2N4O4S/c1-16-8-9-17-5-2-7-21(24(17)30-16)35-15-18-19(26)10-11-22(23(18)27)36(33,34)31-14-3-6-20(31)25(32)29-13-4-12-28/h2,5,7-11,20H,3-4,6,12-15,28H2,1H3,(H,29,32). The van der Waals surface area contributed by atoms with Gasteiger partial charge in [0.15, 0.2) is 0 Å². The number of carbonyl (C=O) groups excluding carboxylic acids is 1. The molecular weight excluding hydrogens is 523 g/mol. The number of rotatable bonds is 9. The summed E-state index contributed by atoms with van der Waals surface area (Å²) in [5.41, 5.74) is 7.35. The lowest BCUT2D eigenvalue weighted by Crippen LogP contribution is -2.46. The molecule has 0 spiro atoms. The van der Waals surface area contributed by atoms with Gasteiger partial charge < -0.3 is 15.8 Å². The van der Waals surface area contributed by atoms with Gasteiger partial charge >= 0.3 is 0 Å². The second-order valence-corrected chi connectivity index (χ2v) is 11.3. The van der Waals surface area contributed by atoms with E-state index in [9.17, 15) is 13.2 Å². The Balaban J connectivity index is 1.60. The van der Waals surface area contributed by atoms with Crippen LogP contribution in [0.15, 0.2) is 47.4 Å². The first kappa shape index (κ1) is 26.6. The molecule has 1 atom stereocenters. The molecule has 1 aliphatic rings. The van der Waals surface area contributed by atoms with Crippen LogP contribution >= 0.6 is 23.2 Å². The number of benzene rings is 2. The van der Waals surface area contributed by atoms with Gasteiger partial charge in [-0.15, -0.1) is 0 Å². The Hall–Kier alpha value is -2.43. The minimum atomic E-state index is -4.07. The molecule has 0 bridgehead atoms. The minimum Gasteiger partial charge on any atom is -0.487 e. The van der Waals surface area contributed by atoms with Crippen molar-refractivity contribution in [3.05, 3.63) is 63.8 Å². The zero-order valence-electron chi connectivity index (χ0n) is 19.8. The fourth-order valence-electron chi connectivity index (χ4n) is 4.24. The molecule has 1 amide bonds. The number of para-hydroxylation sites is 1. The molecule has 0 radical (unpaired) electrons. The van der Waals surface area contributed by atoms with Crippen LogP contribution in [0.25, 0.3) is 10.9 Å². The fourth-order valence-corrected chi connectivity index (χ4v) is 6.76. The van der Waals surface area contributed by atoms with Gasteiger partial charge in [-0.25, -0.2) is 13.4 Å². The molecule has 1 saturated heterocycles. The maximum absolute atomic E-state index is 13.6. The predicted octanol–water partition coefficient (Wildman–Crippen LogP) is 4.05. The molecule has 1 unspecified atom stereocenters. The molecule has 0 aliphatic carbocycles. The topological polar surface area (TPSA) is 115 Å². The second kappa shape index (κ2) is 11.3. The molecule has 8 nitrogen and oxygen atoms in total. The van der Waals surface area contributed by atoms with Gasteiger partial charge in [-0.05, 0) is 57.0 Å². The molecule has 2 aromatic carbocycles. The zero-order valence-corrected chi connectivity index (χ0v) is 22.2. The number of aryl methyl sites for hydroxylation is 1. The van der Waals surface area contributed by atoms with Crippen molar-refractivity contribution in [2.45, 2.75) is 43.7 Å². The molecule has 11 heteroatoms. The Labute approximate surface area is 220 Å². The van der Waals surface area contributed by atoms with Crippen LogP contribution in [0.4, 0.5) is 0 Å². The lowest BCUT2D eigenvalue weighted by molar-refractivity contribution is -0.124. The number of halogens is 2. The highest BCUT2D eigenvalue weighted by Gasteiger charge is 2.40. The third-order valence-electron chi connectivity index (χ3n) is 6.12. The Morgan fingerprint density at radius 3 is 2.81 bits per heavy atom. The summed E-state index contributed by atoms with van der Waals surface area (Å²) in [6.45, 7) is 2.89. The van der Waals surface area contributed by atoms with Crippen LogP contribution in [0.2, 0.25) is 10.0 Å². The van der Waals surface area contributed by atoms with Crippen molar-refractivity contribution in [3.8, 4) is 5.75 Å². The van der Waals surface area contributed by atoms with E-state index in [2.05, 4.69) is 10.3 Å². The van der Waals surface area contributed by atoms with Crippen LogP contribution in [-0.2, 0) is 21.4 Å². The first-order valence-electron chi connectivity index (χ1n) is 11.7. The molecule has 36 heavy (non-hydrogen) atoms. The number of hydrogen-bond acceptors (Lipinski definition) is 6. The summed E-state index contributed by atoms with van der Waals surface area (Å²) in [4.78, 5) is 17.1. The molecule has 2 heterocycles. The summed E-state index contributed by atoms with van der Waals surface area (Å²) >= 11 is 13.0. The largest absolute Gasteiger partial charge is 0.487 e. The number of ether oxygens (including phenoxy) is 1. The first-order valence-corrected chi connectivity index (χ1v) is 13.9. The lowest BCUT2D eigenvalue weighted by Gasteiger charge is -2.24. The molecule has 192 valence electrons. The van der Waals surface area contributed by atoms with Gasteiger partial charge in [-0.3, -0.25) is 4.79 Å². The van der Waals surface area contributed by atoms with Gasteiger partial charge in [-0.2, -0.15) is 4.31 Å².